The third-order valence-corrected chi connectivity index (χ3v) is 5.52. The van der Waals surface area contributed by atoms with Crippen molar-refractivity contribution in [2.24, 2.45) is 0 Å². The normalized spacial score (nSPS) is 10.3. The van der Waals surface area contributed by atoms with E-state index in [0.717, 1.165) is 29.0 Å². The molecule has 0 aliphatic rings. The van der Waals surface area contributed by atoms with Crippen molar-refractivity contribution in [2.75, 3.05) is 39.6 Å². The van der Waals surface area contributed by atoms with Crippen LogP contribution >= 0.6 is 0 Å². The van der Waals surface area contributed by atoms with E-state index in [1.54, 1.807) is 0 Å². The molecule has 2 aromatic carbocycles. The van der Waals surface area contributed by atoms with Gasteiger partial charge in [-0.15, -0.1) is 0 Å². The molecule has 0 atom stereocenters. The highest BCUT2D eigenvalue weighted by Gasteiger charge is 2.18. The van der Waals surface area contributed by atoms with Crippen molar-refractivity contribution in [3.63, 3.8) is 0 Å². The van der Waals surface area contributed by atoms with E-state index < -0.39 is 17.9 Å². The van der Waals surface area contributed by atoms with E-state index in [4.69, 9.17) is 28.4 Å². The number of unbranched alkanes of at least 4 members (excludes halogenated alkanes) is 3. The van der Waals surface area contributed by atoms with Gasteiger partial charge in [-0.2, -0.15) is 0 Å². The number of rotatable bonds is 21. The summed E-state index contributed by atoms with van der Waals surface area (Å²) in [5.41, 5.74) is 0. The molecule has 0 bridgehead atoms. The Labute approximate surface area is 235 Å². The minimum atomic E-state index is -0.458. The summed E-state index contributed by atoms with van der Waals surface area (Å²) < 4.78 is 33.6. The zero-order valence-corrected chi connectivity index (χ0v) is 22.9. The molecule has 0 radical (unpaired) electrons. The molecule has 0 N–H and O–H groups in total. The lowest BCUT2D eigenvalue weighted by Crippen LogP contribution is -2.09. The lowest BCUT2D eigenvalue weighted by atomic mass is 10.1. The molecular weight excluding hydrogens is 516 g/mol. The molecule has 0 aliphatic heterocycles. The maximum absolute atomic E-state index is 11.2. The van der Waals surface area contributed by atoms with Crippen molar-refractivity contribution >= 4 is 28.7 Å². The average molecular weight is 555 g/mol. The third-order valence-electron chi connectivity index (χ3n) is 5.52. The Bertz CT molecular complexity index is 1140. The van der Waals surface area contributed by atoms with Crippen LogP contribution in [0.25, 0.3) is 10.8 Å². The molecule has 0 heterocycles. The minimum absolute atomic E-state index is 0.269. The number of ether oxygens (including phenoxy) is 6. The van der Waals surface area contributed by atoms with Gasteiger partial charge >= 0.3 is 17.9 Å². The average Bonchev–Trinajstić information content (AvgIpc) is 2.98. The van der Waals surface area contributed by atoms with E-state index in [1.165, 1.54) is 0 Å². The summed E-state index contributed by atoms with van der Waals surface area (Å²) in [6.07, 6.45) is 7.23. The molecule has 0 saturated carbocycles. The van der Waals surface area contributed by atoms with Crippen LogP contribution in [0.15, 0.2) is 68.3 Å². The van der Waals surface area contributed by atoms with Gasteiger partial charge in [0.15, 0.2) is 11.5 Å². The Balaban J connectivity index is 2.11. The quantitative estimate of drug-likeness (QED) is 0.0855. The van der Waals surface area contributed by atoms with Gasteiger partial charge in [0, 0.05) is 23.6 Å². The fourth-order valence-electron chi connectivity index (χ4n) is 3.50. The Hall–Kier alpha value is -4.27. The van der Waals surface area contributed by atoms with Crippen LogP contribution in [0.5, 0.6) is 17.2 Å². The number of esters is 3. The predicted molar refractivity (Wildman–Crippen MR) is 152 cm³/mol. The topological polar surface area (TPSA) is 107 Å². The fourth-order valence-corrected chi connectivity index (χ4v) is 3.50. The summed E-state index contributed by atoms with van der Waals surface area (Å²) in [5.74, 6) is 0.221. The fraction of sp³-hybridized carbons (Fsp3) is 0.387. The number of hydrogen-bond donors (Lipinski definition) is 0. The third kappa shape index (κ3) is 11.6. The van der Waals surface area contributed by atoms with Crippen LogP contribution in [-0.2, 0) is 28.6 Å². The monoisotopic (exact) mass is 554 g/mol. The van der Waals surface area contributed by atoms with Gasteiger partial charge in [0.2, 0.25) is 5.75 Å². The van der Waals surface area contributed by atoms with E-state index >= 15 is 0 Å². The number of fused-ring (bicyclic) bond motifs is 1. The molecule has 9 nitrogen and oxygen atoms in total. The van der Waals surface area contributed by atoms with Crippen molar-refractivity contribution in [2.45, 2.75) is 38.5 Å². The standard InChI is InChI=1S/C31H38O9/c1-4-27(32)36-18-10-9-17-35-26-23-24-15-7-8-16-25(24)30(39-21-13-11-19-37-28(33)5-2)31(26)40-22-14-12-20-38-29(34)6-3/h4-8,15-16,23H,1-3,9-14,17-22H2. The van der Waals surface area contributed by atoms with Gasteiger partial charge in [0.05, 0.1) is 39.6 Å². The largest absolute Gasteiger partial charge is 0.490 e. The number of hydrogen-bond acceptors (Lipinski definition) is 9. The van der Waals surface area contributed by atoms with Crippen molar-refractivity contribution in [3.05, 3.63) is 68.3 Å². The molecule has 9 heteroatoms. The summed E-state index contributed by atoms with van der Waals surface area (Å²) in [5, 5.41) is 1.80. The molecule has 0 aromatic heterocycles. The zero-order valence-electron chi connectivity index (χ0n) is 22.9. The van der Waals surface area contributed by atoms with E-state index in [2.05, 4.69) is 19.7 Å². The molecule has 0 saturated heterocycles. The first-order valence-electron chi connectivity index (χ1n) is 13.3. The highest BCUT2D eigenvalue weighted by Crippen LogP contribution is 2.44. The summed E-state index contributed by atoms with van der Waals surface area (Å²) in [7, 11) is 0. The number of carbonyl (C=O) groups excluding carboxylic acids is 3. The van der Waals surface area contributed by atoms with Crippen molar-refractivity contribution in [3.8, 4) is 17.2 Å². The SMILES string of the molecule is C=CC(=O)OCCCCOc1cc2ccccc2c(OCCCCOC(=O)C=C)c1OCCCCOC(=O)C=C. The van der Waals surface area contributed by atoms with Crippen LogP contribution in [0, 0.1) is 0 Å². The van der Waals surface area contributed by atoms with Gasteiger partial charge in [-0.25, -0.2) is 14.4 Å². The van der Waals surface area contributed by atoms with Crippen LogP contribution in [0.4, 0.5) is 0 Å². The second-order valence-corrected chi connectivity index (χ2v) is 8.54. The van der Waals surface area contributed by atoms with Crippen LogP contribution in [0.3, 0.4) is 0 Å². The molecule has 216 valence electrons. The van der Waals surface area contributed by atoms with Crippen molar-refractivity contribution in [1.82, 2.24) is 0 Å². The molecular formula is C31H38O9. The second-order valence-electron chi connectivity index (χ2n) is 8.54. The molecule has 0 aliphatic carbocycles. The minimum Gasteiger partial charge on any atom is -0.490 e. The summed E-state index contributed by atoms with van der Waals surface area (Å²) >= 11 is 0. The summed E-state index contributed by atoms with van der Waals surface area (Å²) in [6.45, 7) is 12.1. The molecule has 0 fully saturated rings. The van der Waals surface area contributed by atoms with Gasteiger partial charge in [-0.05, 0) is 50.0 Å². The van der Waals surface area contributed by atoms with Crippen LogP contribution in [0.1, 0.15) is 38.5 Å². The van der Waals surface area contributed by atoms with Crippen LogP contribution in [-0.4, -0.2) is 57.5 Å². The van der Waals surface area contributed by atoms with Crippen LogP contribution in [0.2, 0.25) is 0 Å². The maximum atomic E-state index is 11.2. The lowest BCUT2D eigenvalue weighted by molar-refractivity contribution is -0.138. The van der Waals surface area contributed by atoms with Crippen molar-refractivity contribution < 1.29 is 42.8 Å². The van der Waals surface area contributed by atoms with Crippen LogP contribution < -0.4 is 14.2 Å². The highest BCUT2D eigenvalue weighted by atomic mass is 16.6. The number of carbonyl (C=O) groups is 3. The number of benzene rings is 2. The molecule has 40 heavy (non-hydrogen) atoms. The first-order valence-corrected chi connectivity index (χ1v) is 13.3. The summed E-state index contributed by atoms with van der Waals surface area (Å²) in [6, 6.07) is 9.69. The van der Waals surface area contributed by atoms with Crippen molar-refractivity contribution in [1.29, 1.82) is 0 Å². The van der Waals surface area contributed by atoms with Gasteiger partial charge in [0.1, 0.15) is 0 Å². The highest BCUT2D eigenvalue weighted by molar-refractivity contribution is 5.93. The zero-order chi connectivity index (χ0) is 29.0. The second kappa shape index (κ2) is 18.9. The molecule has 0 spiro atoms. The van der Waals surface area contributed by atoms with Gasteiger partial charge in [-0.3, -0.25) is 0 Å². The summed E-state index contributed by atoms with van der Waals surface area (Å²) in [4.78, 5) is 33.7. The van der Waals surface area contributed by atoms with Gasteiger partial charge < -0.3 is 28.4 Å². The smallest absolute Gasteiger partial charge is 0.330 e. The predicted octanol–water partition coefficient (Wildman–Crippen LogP) is 5.50. The first-order chi connectivity index (χ1) is 19.5. The van der Waals surface area contributed by atoms with E-state index in [-0.39, 0.29) is 19.8 Å². The van der Waals surface area contributed by atoms with Gasteiger partial charge in [0.25, 0.3) is 0 Å². The molecule has 0 amide bonds. The Kier molecular flexibility index (Phi) is 15.1. The Morgan fingerprint density at radius 3 is 1.50 bits per heavy atom. The molecule has 2 rings (SSSR count). The first kappa shape index (κ1) is 31.9. The molecule has 0 unspecified atom stereocenters. The van der Waals surface area contributed by atoms with Gasteiger partial charge in [-0.1, -0.05) is 44.0 Å². The lowest BCUT2D eigenvalue weighted by Gasteiger charge is -2.19. The molecule has 2 aromatic rings. The Morgan fingerprint density at radius 1 is 0.575 bits per heavy atom. The van der Waals surface area contributed by atoms with E-state index in [9.17, 15) is 14.4 Å². The maximum Gasteiger partial charge on any atom is 0.330 e. The Morgan fingerprint density at radius 2 is 1.00 bits per heavy atom. The van der Waals surface area contributed by atoms with E-state index in [1.807, 2.05) is 30.3 Å². The van der Waals surface area contributed by atoms with E-state index in [0.29, 0.717) is 75.6 Å².